The lowest BCUT2D eigenvalue weighted by molar-refractivity contribution is 0.415. The van der Waals surface area contributed by atoms with Crippen LogP contribution in [0, 0.1) is 0 Å². The predicted octanol–water partition coefficient (Wildman–Crippen LogP) is 2.73. The van der Waals surface area contributed by atoms with Crippen molar-refractivity contribution in [2.75, 3.05) is 7.11 Å². The minimum absolute atomic E-state index is 0.136. The number of hydrogen-bond donors (Lipinski definition) is 1. The predicted molar refractivity (Wildman–Crippen MR) is 68.7 cm³/mol. The molecule has 0 bridgehead atoms. The standard InChI is InChI=1S/C14H14N2O2/c1-17-11-6-4-10(5-7-11)12-9-13(16-15-12)14-3-2-8-18-14/h2-8,13,16H,9H2,1H3. The molecule has 1 unspecified atom stereocenters. The van der Waals surface area contributed by atoms with Gasteiger partial charge in [0.2, 0.25) is 0 Å². The minimum atomic E-state index is 0.136. The quantitative estimate of drug-likeness (QED) is 0.900. The fourth-order valence-corrected chi connectivity index (χ4v) is 2.06. The Kier molecular flexibility index (Phi) is 2.76. The van der Waals surface area contributed by atoms with E-state index in [4.69, 9.17) is 9.15 Å². The molecular formula is C14H14N2O2. The highest BCUT2D eigenvalue weighted by Gasteiger charge is 2.22. The lowest BCUT2D eigenvalue weighted by Crippen LogP contribution is -2.08. The number of hydrazone groups is 1. The molecular weight excluding hydrogens is 228 g/mol. The molecule has 2 heterocycles. The van der Waals surface area contributed by atoms with E-state index in [1.165, 1.54) is 0 Å². The van der Waals surface area contributed by atoms with Gasteiger partial charge in [0.25, 0.3) is 0 Å². The van der Waals surface area contributed by atoms with Crippen LogP contribution in [0.2, 0.25) is 0 Å². The normalized spacial score (nSPS) is 18.3. The molecule has 1 aromatic heterocycles. The van der Waals surface area contributed by atoms with Crippen molar-refractivity contribution in [3.05, 3.63) is 54.0 Å². The van der Waals surface area contributed by atoms with Crippen LogP contribution in [0.15, 0.2) is 52.2 Å². The first-order valence-electron chi connectivity index (χ1n) is 5.87. The first-order chi connectivity index (χ1) is 8.86. The van der Waals surface area contributed by atoms with Crippen LogP contribution in [0.5, 0.6) is 5.75 Å². The maximum Gasteiger partial charge on any atom is 0.128 e. The maximum atomic E-state index is 5.38. The van der Waals surface area contributed by atoms with Crippen LogP contribution in [0.3, 0.4) is 0 Å². The van der Waals surface area contributed by atoms with Crippen LogP contribution in [0.1, 0.15) is 23.8 Å². The molecule has 0 saturated carbocycles. The number of nitrogens with zero attached hydrogens (tertiary/aromatic N) is 1. The third-order valence-electron chi connectivity index (χ3n) is 3.06. The highest BCUT2D eigenvalue weighted by Crippen LogP contribution is 2.25. The van der Waals surface area contributed by atoms with E-state index in [2.05, 4.69) is 10.5 Å². The summed E-state index contributed by atoms with van der Waals surface area (Å²) in [5, 5.41) is 4.36. The summed E-state index contributed by atoms with van der Waals surface area (Å²) in [6.45, 7) is 0. The molecule has 1 aliphatic heterocycles. The van der Waals surface area contributed by atoms with E-state index in [1.807, 2.05) is 36.4 Å². The van der Waals surface area contributed by atoms with Crippen molar-refractivity contribution in [3.63, 3.8) is 0 Å². The Morgan fingerprint density at radius 1 is 1.28 bits per heavy atom. The molecule has 4 heteroatoms. The summed E-state index contributed by atoms with van der Waals surface area (Å²) in [5.41, 5.74) is 5.25. The van der Waals surface area contributed by atoms with Gasteiger partial charge < -0.3 is 9.15 Å². The fourth-order valence-electron chi connectivity index (χ4n) is 2.06. The van der Waals surface area contributed by atoms with Crippen molar-refractivity contribution in [3.8, 4) is 5.75 Å². The van der Waals surface area contributed by atoms with Gasteiger partial charge in [0, 0.05) is 6.42 Å². The van der Waals surface area contributed by atoms with Gasteiger partial charge in [-0.1, -0.05) is 0 Å². The first-order valence-corrected chi connectivity index (χ1v) is 5.87. The average Bonchev–Trinajstić information content (AvgIpc) is 3.09. The molecule has 1 N–H and O–H groups in total. The maximum absolute atomic E-state index is 5.38. The van der Waals surface area contributed by atoms with Crippen LogP contribution in [0.4, 0.5) is 0 Å². The van der Waals surface area contributed by atoms with E-state index >= 15 is 0 Å². The zero-order valence-corrected chi connectivity index (χ0v) is 10.1. The summed E-state index contributed by atoms with van der Waals surface area (Å²) in [6.07, 6.45) is 2.52. The fraction of sp³-hybridized carbons (Fsp3) is 0.214. The van der Waals surface area contributed by atoms with E-state index in [-0.39, 0.29) is 6.04 Å². The molecule has 0 saturated heterocycles. The number of ether oxygens (including phenoxy) is 1. The molecule has 3 rings (SSSR count). The van der Waals surface area contributed by atoms with Crippen molar-refractivity contribution in [1.29, 1.82) is 0 Å². The number of benzene rings is 1. The molecule has 18 heavy (non-hydrogen) atoms. The van der Waals surface area contributed by atoms with E-state index in [0.29, 0.717) is 0 Å². The Morgan fingerprint density at radius 2 is 2.11 bits per heavy atom. The Bertz CT molecular complexity index is 544. The van der Waals surface area contributed by atoms with Gasteiger partial charge >= 0.3 is 0 Å². The summed E-state index contributed by atoms with van der Waals surface area (Å²) in [7, 11) is 1.66. The lowest BCUT2D eigenvalue weighted by Gasteiger charge is -2.05. The second-order valence-electron chi connectivity index (χ2n) is 4.19. The van der Waals surface area contributed by atoms with Crippen molar-refractivity contribution in [2.24, 2.45) is 5.10 Å². The lowest BCUT2D eigenvalue weighted by atomic mass is 10.0. The van der Waals surface area contributed by atoms with Crippen molar-refractivity contribution >= 4 is 5.71 Å². The third kappa shape index (κ3) is 1.97. The van der Waals surface area contributed by atoms with Crippen molar-refractivity contribution in [2.45, 2.75) is 12.5 Å². The Balaban J connectivity index is 1.74. The summed E-state index contributed by atoms with van der Waals surface area (Å²) in [5.74, 6) is 1.77. The molecule has 0 radical (unpaired) electrons. The van der Waals surface area contributed by atoms with Crippen LogP contribution in [-0.2, 0) is 0 Å². The number of methoxy groups -OCH3 is 1. The molecule has 0 amide bonds. The first kappa shape index (κ1) is 10.9. The molecule has 1 aromatic carbocycles. The summed E-state index contributed by atoms with van der Waals surface area (Å²) in [4.78, 5) is 0. The second-order valence-corrected chi connectivity index (χ2v) is 4.19. The van der Waals surface area contributed by atoms with Crippen LogP contribution in [-0.4, -0.2) is 12.8 Å². The van der Waals surface area contributed by atoms with Gasteiger partial charge in [0.1, 0.15) is 17.6 Å². The minimum Gasteiger partial charge on any atom is -0.497 e. The number of furan rings is 1. The molecule has 0 fully saturated rings. The van der Waals surface area contributed by atoms with E-state index in [9.17, 15) is 0 Å². The Morgan fingerprint density at radius 3 is 2.78 bits per heavy atom. The van der Waals surface area contributed by atoms with E-state index < -0.39 is 0 Å². The van der Waals surface area contributed by atoms with Gasteiger partial charge in [-0.05, 0) is 42.0 Å². The molecule has 1 atom stereocenters. The average molecular weight is 242 g/mol. The van der Waals surface area contributed by atoms with Crippen LogP contribution in [0.25, 0.3) is 0 Å². The largest absolute Gasteiger partial charge is 0.497 e. The summed E-state index contributed by atoms with van der Waals surface area (Å²) in [6, 6.07) is 11.9. The number of hydrogen-bond acceptors (Lipinski definition) is 4. The van der Waals surface area contributed by atoms with Gasteiger partial charge in [0.05, 0.1) is 19.1 Å². The highest BCUT2D eigenvalue weighted by molar-refractivity contribution is 6.01. The summed E-state index contributed by atoms with van der Waals surface area (Å²) < 4.78 is 10.5. The number of rotatable bonds is 3. The highest BCUT2D eigenvalue weighted by atomic mass is 16.5. The van der Waals surface area contributed by atoms with Crippen molar-refractivity contribution < 1.29 is 9.15 Å². The Labute approximate surface area is 105 Å². The summed E-state index contributed by atoms with van der Waals surface area (Å²) >= 11 is 0. The van der Waals surface area contributed by atoms with Crippen LogP contribution < -0.4 is 10.2 Å². The van der Waals surface area contributed by atoms with Crippen molar-refractivity contribution in [1.82, 2.24) is 5.43 Å². The molecule has 2 aromatic rings. The zero-order chi connectivity index (χ0) is 12.4. The van der Waals surface area contributed by atoms with Gasteiger partial charge in [-0.2, -0.15) is 5.10 Å². The molecule has 1 aliphatic rings. The van der Waals surface area contributed by atoms with Gasteiger partial charge in [-0.3, -0.25) is 5.43 Å². The van der Waals surface area contributed by atoms with E-state index in [1.54, 1.807) is 13.4 Å². The monoisotopic (exact) mass is 242 g/mol. The topological polar surface area (TPSA) is 46.8 Å². The van der Waals surface area contributed by atoms with E-state index in [0.717, 1.165) is 29.2 Å². The SMILES string of the molecule is COc1ccc(C2=NNC(c3ccco3)C2)cc1. The second kappa shape index (κ2) is 4.56. The third-order valence-corrected chi connectivity index (χ3v) is 3.06. The molecule has 4 nitrogen and oxygen atoms in total. The molecule has 0 aliphatic carbocycles. The molecule has 92 valence electrons. The van der Waals surface area contributed by atoms with Gasteiger partial charge in [-0.15, -0.1) is 0 Å². The van der Waals surface area contributed by atoms with Crippen LogP contribution >= 0.6 is 0 Å². The van der Waals surface area contributed by atoms with Gasteiger partial charge in [-0.25, -0.2) is 0 Å². The van der Waals surface area contributed by atoms with Gasteiger partial charge in [0.15, 0.2) is 0 Å². The number of nitrogens with one attached hydrogen (secondary N) is 1. The Hall–Kier alpha value is -2.23. The molecule has 0 spiro atoms. The smallest absolute Gasteiger partial charge is 0.128 e. The zero-order valence-electron chi connectivity index (χ0n) is 10.1.